The van der Waals surface area contributed by atoms with Crippen LogP contribution < -0.4 is 9.62 Å². The summed E-state index contributed by atoms with van der Waals surface area (Å²) in [5.41, 5.74) is 3.01. The number of hydrogen-bond donors (Lipinski definition) is 1. The van der Waals surface area contributed by atoms with Crippen molar-refractivity contribution >= 4 is 27.5 Å². The van der Waals surface area contributed by atoms with Crippen molar-refractivity contribution in [2.75, 3.05) is 17.4 Å². The summed E-state index contributed by atoms with van der Waals surface area (Å²) in [6, 6.07) is 27.7. The lowest BCUT2D eigenvalue weighted by Crippen LogP contribution is -2.53. The van der Waals surface area contributed by atoms with Crippen LogP contribution in [0.2, 0.25) is 0 Å². The molecule has 2 amide bonds. The Morgan fingerprint density at radius 3 is 2.07 bits per heavy atom. The Hall–Kier alpha value is -4.50. The van der Waals surface area contributed by atoms with Crippen molar-refractivity contribution in [1.29, 1.82) is 0 Å². The quantitative estimate of drug-likeness (QED) is 0.210. The minimum absolute atomic E-state index is 0.0343. The van der Waals surface area contributed by atoms with E-state index in [1.807, 2.05) is 56.3 Å². The molecule has 4 aromatic carbocycles. The fourth-order valence-corrected chi connectivity index (χ4v) is 6.51. The number of para-hydroxylation sites is 1. The van der Waals surface area contributed by atoms with Gasteiger partial charge in [0, 0.05) is 25.1 Å². The zero-order valence-electron chi connectivity index (χ0n) is 25.2. The highest BCUT2D eigenvalue weighted by Gasteiger charge is 2.35. The Labute approximate surface area is 259 Å². The van der Waals surface area contributed by atoms with Crippen LogP contribution in [-0.4, -0.2) is 44.3 Å². The summed E-state index contributed by atoms with van der Waals surface area (Å²) < 4.78 is 44.5. The number of nitrogens with one attached hydrogen (secondary N) is 1. The van der Waals surface area contributed by atoms with E-state index < -0.39 is 40.2 Å². The number of carbonyl (C=O) groups is 2. The number of nitrogens with zero attached hydrogens (tertiary/aromatic N) is 2. The number of halogens is 1. The molecule has 4 rings (SSSR count). The molecular weight excluding hydrogens is 577 g/mol. The third-order valence-electron chi connectivity index (χ3n) is 7.45. The summed E-state index contributed by atoms with van der Waals surface area (Å²) in [6.45, 7) is 5.05. The summed E-state index contributed by atoms with van der Waals surface area (Å²) in [5.74, 6) is -1.58. The van der Waals surface area contributed by atoms with Gasteiger partial charge in [0.05, 0.1) is 10.6 Å². The first-order chi connectivity index (χ1) is 21.1. The maximum atomic E-state index is 15.0. The van der Waals surface area contributed by atoms with Gasteiger partial charge in [-0.25, -0.2) is 12.8 Å². The molecule has 0 aliphatic heterocycles. The first-order valence-electron chi connectivity index (χ1n) is 14.7. The Morgan fingerprint density at radius 2 is 1.43 bits per heavy atom. The average molecular weight is 616 g/mol. The summed E-state index contributed by atoms with van der Waals surface area (Å²) in [5, 5.41) is 2.81. The van der Waals surface area contributed by atoms with Crippen molar-refractivity contribution < 1.29 is 22.4 Å². The van der Waals surface area contributed by atoms with E-state index in [1.54, 1.807) is 49.4 Å². The minimum atomic E-state index is -4.22. The molecule has 4 aromatic rings. The Kier molecular flexibility index (Phi) is 10.9. The Balaban J connectivity index is 1.83. The van der Waals surface area contributed by atoms with Crippen LogP contribution in [0.3, 0.4) is 0 Å². The van der Waals surface area contributed by atoms with Crippen molar-refractivity contribution in [3.63, 3.8) is 0 Å². The van der Waals surface area contributed by atoms with E-state index in [9.17, 15) is 22.4 Å². The maximum absolute atomic E-state index is 15.0. The minimum Gasteiger partial charge on any atom is -0.355 e. The lowest BCUT2D eigenvalue weighted by Gasteiger charge is -2.34. The first-order valence-corrected chi connectivity index (χ1v) is 16.1. The Morgan fingerprint density at radius 1 is 0.818 bits per heavy atom. The molecule has 9 heteroatoms. The largest absolute Gasteiger partial charge is 0.355 e. The number of carbonyl (C=O) groups excluding carboxylic acids is 2. The van der Waals surface area contributed by atoms with E-state index in [0.717, 1.165) is 21.0 Å². The number of anilines is 1. The molecule has 1 N–H and O–H groups in total. The molecule has 0 saturated heterocycles. The maximum Gasteiger partial charge on any atom is 0.264 e. The van der Waals surface area contributed by atoms with E-state index in [-0.39, 0.29) is 23.4 Å². The zero-order valence-corrected chi connectivity index (χ0v) is 26.1. The number of rotatable bonds is 13. The normalized spacial score (nSPS) is 11.9. The van der Waals surface area contributed by atoms with Crippen LogP contribution >= 0.6 is 0 Å². The van der Waals surface area contributed by atoms with Crippen LogP contribution in [0.1, 0.15) is 36.1 Å². The van der Waals surface area contributed by atoms with Gasteiger partial charge in [0.1, 0.15) is 18.4 Å². The molecule has 0 saturated carbocycles. The average Bonchev–Trinajstić information content (AvgIpc) is 3.03. The van der Waals surface area contributed by atoms with Gasteiger partial charge in [0.25, 0.3) is 10.0 Å². The highest BCUT2D eigenvalue weighted by molar-refractivity contribution is 7.92. The van der Waals surface area contributed by atoms with E-state index in [4.69, 9.17) is 0 Å². The topological polar surface area (TPSA) is 86.8 Å². The molecule has 0 aliphatic carbocycles. The third kappa shape index (κ3) is 7.71. The molecule has 0 aliphatic rings. The first kappa shape index (κ1) is 32.4. The van der Waals surface area contributed by atoms with Gasteiger partial charge in [-0.3, -0.25) is 13.9 Å². The van der Waals surface area contributed by atoms with E-state index in [0.29, 0.717) is 18.7 Å². The smallest absolute Gasteiger partial charge is 0.264 e. The lowest BCUT2D eigenvalue weighted by molar-refractivity contribution is -0.140. The highest BCUT2D eigenvalue weighted by atomic mass is 32.2. The molecule has 0 heterocycles. The Bertz CT molecular complexity index is 1680. The molecule has 0 aromatic heterocycles. The summed E-state index contributed by atoms with van der Waals surface area (Å²) in [6.07, 6.45) is 0.682. The summed E-state index contributed by atoms with van der Waals surface area (Å²) in [4.78, 5) is 29.3. The number of amides is 2. The van der Waals surface area contributed by atoms with Crippen molar-refractivity contribution in [3.8, 4) is 0 Å². The summed E-state index contributed by atoms with van der Waals surface area (Å²) in [7, 11) is -4.22. The number of sulfonamides is 1. The van der Waals surface area contributed by atoms with Crippen molar-refractivity contribution in [2.45, 2.75) is 51.1 Å². The van der Waals surface area contributed by atoms with Crippen LogP contribution in [0.15, 0.2) is 108 Å². The fourth-order valence-electron chi connectivity index (χ4n) is 5.06. The summed E-state index contributed by atoms with van der Waals surface area (Å²) >= 11 is 0. The predicted molar refractivity (Wildman–Crippen MR) is 171 cm³/mol. The van der Waals surface area contributed by atoms with Gasteiger partial charge in [-0.15, -0.1) is 0 Å². The van der Waals surface area contributed by atoms with Crippen molar-refractivity contribution in [3.05, 3.63) is 131 Å². The molecule has 0 fully saturated rings. The van der Waals surface area contributed by atoms with Crippen molar-refractivity contribution in [2.24, 2.45) is 0 Å². The molecule has 0 radical (unpaired) electrons. The van der Waals surface area contributed by atoms with Gasteiger partial charge in [0.2, 0.25) is 11.8 Å². The van der Waals surface area contributed by atoms with Gasteiger partial charge in [-0.05, 0) is 55.7 Å². The fraction of sp³-hybridized carbons (Fsp3) is 0.257. The molecule has 44 heavy (non-hydrogen) atoms. The second-order valence-electron chi connectivity index (χ2n) is 10.5. The van der Waals surface area contributed by atoms with Crippen LogP contribution in [-0.2, 0) is 39.0 Å². The van der Waals surface area contributed by atoms with Crippen LogP contribution in [0.5, 0.6) is 0 Å². The lowest BCUT2D eigenvalue weighted by atomic mass is 10.0. The highest BCUT2D eigenvalue weighted by Crippen LogP contribution is 2.29. The van der Waals surface area contributed by atoms with Gasteiger partial charge in [0.15, 0.2) is 0 Å². The molecule has 7 nitrogen and oxygen atoms in total. The van der Waals surface area contributed by atoms with Gasteiger partial charge < -0.3 is 10.2 Å². The predicted octanol–water partition coefficient (Wildman–Crippen LogP) is 5.67. The third-order valence-corrected chi connectivity index (χ3v) is 9.22. The molecular formula is C35H38FN3O4S. The van der Waals surface area contributed by atoms with E-state index in [1.165, 1.54) is 23.1 Å². The van der Waals surface area contributed by atoms with Crippen LogP contribution in [0, 0.1) is 12.7 Å². The SMILES string of the molecule is CCNC(=O)C(Cc1ccccc1)N(Cc1ccccc1F)C(=O)CN(c1ccccc1CC)S(=O)(=O)c1ccc(C)cc1. The number of likely N-dealkylation sites (N-methyl/N-ethyl adjacent to an activating group) is 1. The molecule has 230 valence electrons. The van der Waals surface area contributed by atoms with E-state index >= 15 is 0 Å². The van der Waals surface area contributed by atoms with Crippen LogP contribution in [0.25, 0.3) is 0 Å². The standard InChI is InChI=1S/C35H38FN3O4S/c1-4-28-15-10-12-18-32(28)39(44(42,43)30-21-19-26(3)20-22-30)25-34(40)38(24-29-16-9-11-17-31(29)36)33(35(41)37-5-2)23-27-13-7-6-8-14-27/h6-22,33H,4-5,23-25H2,1-3H3,(H,37,41). The van der Waals surface area contributed by atoms with E-state index in [2.05, 4.69) is 5.32 Å². The number of aryl methyl sites for hydroxylation is 2. The van der Waals surface area contributed by atoms with Gasteiger partial charge >= 0.3 is 0 Å². The molecule has 1 unspecified atom stereocenters. The van der Waals surface area contributed by atoms with Crippen molar-refractivity contribution in [1.82, 2.24) is 10.2 Å². The monoisotopic (exact) mass is 615 g/mol. The van der Waals surface area contributed by atoms with Gasteiger partial charge in [-0.1, -0.05) is 91.3 Å². The second-order valence-corrected chi connectivity index (χ2v) is 12.4. The molecule has 1 atom stereocenters. The number of hydrogen-bond acceptors (Lipinski definition) is 4. The van der Waals surface area contributed by atoms with Crippen LogP contribution in [0.4, 0.5) is 10.1 Å². The molecule has 0 spiro atoms. The zero-order chi connectivity index (χ0) is 31.7. The molecule has 0 bridgehead atoms. The van der Waals surface area contributed by atoms with Gasteiger partial charge in [-0.2, -0.15) is 0 Å². The second kappa shape index (κ2) is 14.8. The number of benzene rings is 4.